The first-order valence-electron chi connectivity index (χ1n) is 8.60. The number of anilines is 1. The first kappa shape index (κ1) is 16.1. The van der Waals surface area contributed by atoms with Crippen molar-refractivity contribution in [3.63, 3.8) is 0 Å². The van der Waals surface area contributed by atoms with Crippen molar-refractivity contribution in [1.29, 1.82) is 0 Å². The molecule has 0 radical (unpaired) electrons. The largest absolute Gasteiger partial charge is 0.384 e. The summed E-state index contributed by atoms with van der Waals surface area (Å²) in [5.41, 5.74) is 9.89. The highest BCUT2D eigenvalue weighted by molar-refractivity contribution is 5.76. The van der Waals surface area contributed by atoms with Gasteiger partial charge in [0, 0.05) is 18.2 Å². The van der Waals surface area contributed by atoms with Crippen LogP contribution in [0, 0.1) is 0 Å². The minimum atomic E-state index is 0.387. The number of hydrogen-bond donors (Lipinski definition) is 2. The third kappa shape index (κ3) is 3.07. The summed E-state index contributed by atoms with van der Waals surface area (Å²) in [6, 6.07) is 11.5. The van der Waals surface area contributed by atoms with E-state index in [2.05, 4.69) is 35.6 Å². The monoisotopic (exact) mass is 373 g/mol. The zero-order chi connectivity index (χ0) is 18.9. The molecule has 0 saturated carbocycles. The summed E-state index contributed by atoms with van der Waals surface area (Å²) in [7, 11) is 0. The minimum Gasteiger partial charge on any atom is -0.384 e. The number of fused-ring (bicyclic) bond motifs is 1. The first-order valence-corrected chi connectivity index (χ1v) is 8.60. The Hall–Kier alpha value is -4.08. The van der Waals surface area contributed by atoms with E-state index < -0.39 is 0 Å². The number of aromatic amines is 1. The molecule has 0 bridgehead atoms. The average Bonchev–Trinajstić information content (AvgIpc) is 3.44. The van der Waals surface area contributed by atoms with E-state index in [-0.39, 0.29) is 0 Å². The van der Waals surface area contributed by atoms with Gasteiger partial charge in [0.15, 0.2) is 0 Å². The second-order valence-corrected chi connectivity index (χ2v) is 6.30. The van der Waals surface area contributed by atoms with Gasteiger partial charge in [-0.05, 0) is 17.2 Å². The van der Waals surface area contributed by atoms with Crippen molar-refractivity contribution >= 4 is 17.0 Å². The number of rotatable bonds is 5. The second-order valence-electron chi connectivity index (χ2n) is 6.30. The standard InChI is InChI=1S/C18H15N9O/c19-14-7-13(16-18(21-14)24-26-23-16)6-11-8-20-27(9-11)10-15-22-17(25-28-15)12-4-2-1-3-5-12/h1-5,7-9H,6,10H2,(H3,19,21,23,24,26). The summed E-state index contributed by atoms with van der Waals surface area (Å²) < 4.78 is 7.10. The summed E-state index contributed by atoms with van der Waals surface area (Å²) in [5.74, 6) is 1.45. The van der Waals surface area contributed by atoms with Gasteiger partial charge in [-0.2, -0.15) is 20.4 Å². The fourth-order valence-corrected chi connectivity index (χ4v) is 3.02. The molecule has 0 fully saturated rings. The molecule has 4 heterocycles. The van der Waals surface area contributed by atoms with Gasteiger partial charge in [0.2, 0.25) is 17.4 Å². The highest BCUT2D eigenvalue weighted by Gasteiger charge is 2.12. The lowest BCUT2D eigenvalue weighted by atomic mass is 10.1. The van der Waals surface area contributed by atoms with E-state index >= 15 is 0 Å². The van der Waals surface area contributed by atoms with Crippen LogP contribution in [0.25, 0.3) is 22.6 Å². The summed E-state index contributed by atoms with van der Waals surface area (Å²) in [4.78, 5) is 8.58. The number of nitrogens with one attached hydrogen (secondary N) is 1. The maximum Gasteiger partial charge on any atom is 0.248 e. The van der Waals surface area contributed by atoms with Crippen molar-refractivity contribution in [3.05, 3.63) is 65.8 Å². The molecule has 138 valence electrons. The van der Waals surface area contributed by atoms with Crippen LogP contribution in [0.15, 0.2) is 53.3 Å². The summed E-state index contributed by atoms with van der Waals surface area (Å²) in [5, 5.41) is 19.1. The Bertz CT molecular complexity index is 1240. The van der Waals surface area contributed by atoms with Gasteiger partial charge in [-0.25, -0.2) is 4.98 Å². The lowest BCUT2D eigenvalue weighted by Crippen LogP contribution is -2.00. The van der Waals surface area contributed by atoms with E-state index in [0.29, 0.717) is 41.7 Å². The molecular weight excluding hydrogens is 358 g/mol. The molecule has 0 saturated heterocycles. The van der Waals surface area contributed by atoms with Crippen molar-refractivity contribution in [3.8, 4) is 11.4 Å². The summed E-state index contributed by atoms with van der Waals surface area (Å²) in [6.45, 7) is 0.387. The van der Waals surface area contributed by atoms with E-state index in [0.717, 1.165) is 16.7 Å². The maximum atomic E-state index is 5.85. The predicted octanol–water partition coefficient (Wildman–Crippen LogP) is 1.82. The number of pyridine rings is 1. The van der Waals surface area contributed by atoms with Crippen molar-refractivity contribution in [2.24, 2.45) is 0 Å². The van der Waals surface area contributed by atoms with Crippen molar-refractivity contribution < 1.29 is 4.52 Å². The van der Waals surface area contributed by atoms with Crippen molar-refractivity contribution in [2.45, 2.75) is 13.0 Å². The molecule has 0 amide bonds. The maximum absolute atomic E-state index is 5.85. The van der Waals surface area contributed by atoms with Crippen LogP contribution in [0.5, 0.6) is 0 Å². The summed E-state index contributed by atoms with van der Waals surface area (Å²) >= 11 is 0. The van der Waals surface area contributed by atoms with Gasteiger partial charge >= 0.3 is 0 Å². The van der Waals surface area contributed by atoms with E-state index in [1.165, 1.54) is 0 Å². The van der Waals surface area contributed by atoms with Crippen LogP contribution in [0.3, 0.4) is 0 Å². The number of benzene rings is 1. The second kappa shape index (κ2) is 6.58. The minimum absolute atomic E-state index is 0.387. The number of aromatic nitrogens is 8. The average molecular weight is 373 g/mol. The molecule has 0 atom stereocenters. The number of nitrogens with zero attached hydrogens (tertiary/aromatic N) is 7. The Labute approximate surface area is 158 Å². The van der Waals surface area contributed by atoms with Crippen LogP contribution in [-0.4, -0.2) is 40.3 Å². The van der Waals surface area contributed by atoms with Crippen LogP contribution in [0.2, 0.25) is 0 Å². The fraction of sp³-hybridized carbons (Fsp3) is 0.111. The zero-order valence-corrected chi connectivity index (χ0v) is 14.6. The van der Waals surface area contributed by atoms with Crippen LogP contribution >= 0.6 is 0 Å². The third-order valence-corrected chi connectivity index (χ3v) is 4.27. The van der Waals surface area contributed by atoms with Crippen LogP contribution in [0.1, 0.15) is 17.0 Å². The normalized spacial score (nSPS) is 11.3. The predicted molar refractivity (Wildman–Crippen MR) is 100.0 cm³/mol. The Morgan fingerprint density at radius 3 is 2.89 bits per heavy atom. The molecule has 3 N–H and O–H groups in total. The van der Waals surface area contributed by atoms with Crippen LogP contribution < -0.4 is 5.73 Å². The Kier molecular flexibility index (Phi) is 3.79. The molecule has 10 nitrogen and oxygen atoms in total. The summed E-state index contributed by atoms with van der Waals surface area (Å²) in [6.07, 6.45) is 4.32. The fourth-order valence-electron chi connectivity index (χ4n) is 3.02. The van der Waals surface area contributed by atoms with E-state index in [9.17, 15) is 0 Å². The smallest absolute Gasteiger partial charge is 0.248 e. The Morgan fingerprint density at radius 1 is 1.11 bits per heavy atom. The van der Waals surface area contributed by atoms with Gasteiger partial charge in [-0.3, -0.25) is 4.68 Å². The number of nitrogen functional groups attached to an aromatic ring is 1. The zero-order valence-electron chi connectivity index (χ0n) is 14.6. The lowest BCUT2D eigenvalue weighted by molar-refractivity contribution is 0.366. The van der Waals surface area contributed by atoms with Gasteiger partial charge < -0.3 is 10.3 Å². The molecule has 4 aromatic heterocycles. The molecule has 5 aromatic rings. The van der Waals surface area contributed by atoms with E-state index in [1.54, 1.807) is 16.9 Å². The molecule has 0 unspecified atom stereocenters. The topological polar surface area (TPSA) is 137 Å². The Morgan fingerprint density at radius 2 is 2.00 bits per heavy atom. The molecule has 5 rings (SSSR count). The molecule has 0 spiro atoms. The van der Waals surface area contributed by atoms with E-state index in [1.807, 2.05) is 36.5 Å². The van der Waals surface area contributed by atoms with Crippen molar-refractivity contribution in [1.82, 2.24) is 40.3 Å². The van der Waals surface area contributed by atoms with Gasteiger partial charge in [-0.15, -0.1) is 5.10 Å². The van der Waals surface area contributed by atoms with E-state index in [4.69, 9.17) is 10.3 Å². The van der Waals surface area contributed by atoms with Gasteiger partial charge in [0.1, 0.15) is 17.9 Å². The molecule has 0 aliphatic heterocycles. The number of nitrogens with two attached hydrogens (primary N) is 1. The Balaban J connectivity index is 1.34. The van der Waals surface area contributed by atoms with Gasteiger partial charge in [0.25, 0.3) is 0 Å². The highest BCUT2D eigenvalue weighted by atomic mass is 16.5. The molecule has 1 aromatic carbocycles. The molecular formula is C18H15N9O. The molecule has 10 heteroatoms. The highest BCUT2D eigenvalue weighted by Crippen LogP contribution is 2.19. The first-order chi connectivity index (χ1) is 13.7. The molecule has 0 aliphatic rings. The third-order valence-electron chi connectivity index (χ3n) is 4.27. The number of hydrogen-bond acceptors (Lipinski definition) is 8. The number of H-pyrrole nitrogens is 1. The van der Waals surface area contributed by atoms with Gasteiger partial charge in [0.05, 0.1) is 6.20 Å². The van der Waals surface area contributed by atoms with Crippen LogP contribution in [0.4, 0.5) is 5.82 Å². The van der Waals surface area contributed by atoms with Gasteiger partial charge in [-0.1, -0.05) is 35.5 Å². The van der Waals surface area contributed by atoms with Crippen molar-refractivity contribution in [2.75, 3.05) is 5.73 Å². The molecule has 28 heavy (non-hydrogen) atoms. The SMILES string of the molecule is Nc1cc(Cc2cnn(Cc3nc(-c4ccccc4)no3)c2)c2n[nH]nc2n1. The van der Waals surface area contributed by atoms with Crippen LogP contribution in [-0.2, 0) is 13.0 Å². The lowest BCUT2D eigenvalue weighted by Gasteiger charge is -2.01. The molecule has 0 aliphatic carbocycles. The quantitative estimate of drug-likeness (QED) is 0.476.